The summed E-state index contributed by atoms with van der Waals surface area (Å²) in [6.07, 6.45) is -1.88. The van der Waals surface area contributed by atoms with E-state index in [2.05, 4.69) is 21.3 Å². The van der Waals surface area contributed by atoms with E-state index in [1.54, 1.807) is 0 Å². The van der Waals surface area contributed by atoms with Gasteiger partial charge in [0.05, 0.1) is 13.2 Å². The Morgan fingerprint density at radius 3 is 1.63 bits per heavy atom. The molecule has 0 bridgehead atoms. The van der Waals surface area contributed by atoms with E-state index >= 15 is 0 Å². The first-order chi connectivity index (χ1) is 17.7. The molecular formula is C20H32N6O12. The minimum atomic E-state index is -1.46. The van der Waals surface area contributed by atoms with Gasteiger partial charge in [0.25, 0.3) is 0 Å². The van der Waals surface area contributed by atoms with Gasteiger partial charge >= 0.3 is 17.9 Å². The van der Waals surface area contributed by atoms with Crippen LogP contribution < -0.4 is 32.3 Å². The third kappa shape index (κ3) is 14.3. The zero-order chi connectivity index (χ0) is 29.4. The minimum Gasteiger partial charge on any atom is -0.481 e. The van der Waals surface area contributed by atoms with Crippen molar-refractivity contribution in [3.05, 3.63) is 0 Å². The van der Waals surface area contributed by atoms with Crippen molar-refractivity contribution in [1.29, 1.82) is 0 Å². The zero-order valence-electron chi connectivity index (χ0n) is 20.4. The van der Waals surface area contributed by atoms with Crippen molar-refractivity contribution in [3.63, 3.8) is 0 Å². The van der Waals surface area contributed by atoms with Gasteiger partial charge < -0.3 is 52.7 Å². The Bertz CT molecular complexity index is 911. The van der Waals surface area contributed by atoms with Gasteiger partial charge in [-0.2, -0.15) is 0 Å². The maximum absolute atomic E-state index is 12.6. The number of aliphatic hydroxyl groups excluding tert-OH is 1. The molecule has 0 fully saturated rings. The van der Waals surface area contributed by atoms with Gasteiger partial charge in [0.15, 0.2) is 0 Å². The van der Waals surface area contributed by atoms with Crippen LogP contribution in [0.1, 0.15) is 32.6 Å². The van der Waals surface area contributed by atoms with Crippen LogP contribution in [0, 0.1) is 0 Å². The number of aliphatic carboxylic acids is 3. The number of carboxylic acid groups (broad SMARTS) is 3. The Morgan fingerprint density at radius 1 is 0.658 bits per heavy atom. The van der Waals surface area contributed by atoms with Crippen LogP contribution in [0.5, 0.6) is 0 Å². The quantitative estimate of drug-likeness (QED) is 0.0767. The molecule has 0 heterocycles. The molecule has 0 unspecified atom stereocenters. The first-order valence-electron chi connectivity index (χ1n) is 11.1. The number of rotatable bonds is 18. The molecule has 5 amide bonds. The fourth-order valence-corrected chi connectivity index (χ4v) is 2.64. The highest BCUT2D eigenvalue weighted by Crippen LogP contribution is 2.02. The zero-order valence-corrected chi connectivity index (χ0v) is 20.4. The molecule has 4 atom stereocenters. The molecule has 18 heteroatoms. The fraction of sp³-hybridized carbons (Fsp3) is 0.600. The number of carboxylic acids is 3. The van der Waals surface area contributed by atoms with Gasteiger partial charge in [-0.05, 0) is 19.8 Å². The van der Waals surface area contributed by atoms with Crippen LogP contribution in [0.25, 0.3) is 0 Å². The van der Waals surface area contributed by atoms with E-state index in [-0.39, 0.29) is 6.42 Å². The van der Waals surface area contributed by atoms with Crippen molar-refractivity contribution in [2.75, 3.05) is 19.7 Å². The second kappa shape index (κ2) is 17.2. The van der Waals surface area contributed by atoms with E-state index in [4.69, 9.17) is 26.2 Å². The van der Waals surface area contributed by atoms with Crippen molar-refractivity contribution >= 4 is 47.4 Å². The summed E-state index contributed by atoms with van der Waals surface area (Å²) in [5.41, 5.74) is 5.37. The summed E-state index contributed by atoms with van der Waals surface area (Å²) in [5, 5.41) is 46.0. The predicted octanol–water partition coefficient (Wildman–Crippen LogP) is -5.17. The molecule has 0 aliphatic carbocycles. The van der Waals surface area contributed by atoms with Crippen LogP contribution in [0.4, 0.5) is 0 Å². The normalized spacial score (nSPS) is 13.6. The van der Waals surface area contributed by atoms with E-state index in [1.807, 2.05) is 5.32 Å². The summed E-state index contributed by atoms with van der Waals surface area (Å²) in [6, 6.07) is -5.66. The number of amides is 5. The molecule has 0 radical (unpaired) electrons. The molecule has 214 valence electrons. The van der Waals surface area contributed by atoms with Crippen molar-refractivity contribution in [1.82, 2.24) is 26.6 Å². The smallest absolute Gasteiger partial charge is 0.322 e. The summed E-state index contributed by atoms with van der Waals surface area (Å²) >= 11 is 0. The summed E-state index contributed by atoms with van der Waals surface area (Å²) < 4.78 is 0. The fourth-order valence-electron chi connectivity index (χ4n) is 2.64. The molecule has 11 N–H and O–H groups in total. The number of nitrogens with one attached hydrogen (secondary N) is 5. The van der Waals surface area contributed by atoms with Crippen molar-refractivity contribution < 1.29 is 58.8 Å². The van der Waals surface area contributed by atoms with Gasteiger partial charge in [-0.15, -0.1) is 0 Å². The first kappa shape index (κ1) is 33.7. The first-order valence-corrected chi connectivity index (χ1v) is 11.1. The Balaban J connectivity index is 5.27. The predicted molar refractivity (Wildman–Crippen MR) is 124 cm³/mol. The molecule has 0 rings (SSSR count). The van der Waals surface area contributed by atoms with E-state index in [0.717, 1.165) is 0 Å². The average Bonchev–Trinajstić information content (AvgIpc) is 2.84. The molecular weight excluding hydrogens is 516 g/mol. The average molecular weight is 549 g/mol. The SMILES string of the molecule is C[C@H](NC(=O)[C@H](CCC(=O)O)NC(=O)[C@@H](N)CO)C(=O)N[C@@H](CCC(=O)O)C(=O)NCC(=O)NCC(=O)O. The van der Waals surface area contributed by atoms with Gasteiger partial charge in [0, 0.05) is 12.8 Å². The van der Waals surface area contributed by atoms with Gasteiger partial charge in [0.2, 0.25) is 29.5 Å². The Labute approximate surface area is 215 Å². The minimum absolute atomic E-state index is 0.382. The number of carbonyl (C=O) groups is 8. The number of aliphatic hydroxyl groups is 1. The molecule has 0 aromatic carbocycles. The number of nitrogens with two attached hydrogens (primary N) is 1. The summed E-state index contributed by atoms with van der Waals surface area (Å²) in [6.45, 7) is -0.934. The highest BCUT2D eigenvalue weighted by molar-refractivity contribution is 5.95. The Kier molecular flexibility index (Phi) is 15.2. The molecule has 0 spiro atoms. The van der Waals surface area contributed by atoms with Crippen molar-refractivity contribution in [3.8, 4) is 0 Å². The molecule has 0 aromatic heterocycles. The van der Waals surface area contributed by atoms with Gasteiger partial charge in [-0.1, -0.05) is 0 Å². The Morgan fingerprint density at radius 2 is 1.16 bits per heavy atom. The van der Waals surface area contributed by atoms with Gasteiger partial charge in [0.1, 0.15) is 30.7 Å². The lowest BCUT2D eigenvalue weighted by atomic mass is 10.1. The molecule has 18 nitrogen and oxygen atoms in total. The lowest BCUT2D eigenvalue weighted by molar-refractivity contribution is -0.139. The van der Waals surface area contributed by atoms with E-state index in [1.165, 1.54) is 6.92 Å². The lowest BCUT2D eigenvalue weighted by Gasteiger charge is -2.23. The number of carbonyl (C=O) groups excluding carboxylic acids is 5. The largest absolute Gasteiger partial charge is 0.481 e. The van der Waals surface area contributed by atoms with Gasteiger partial charge in [-0.25, -0.2) is 0 Å². The van der Waals surface area contributed by atoms with E-state index in [0.29, 0.717) is 0 Å². The maximum Gasteiger partial charge on any atom is 0.322 e. The highest BCUT2D eigenvalue weighted by Gasteiger charge is 2.29. The summed E-state index contributed by atoms with van der Waals surface area (Å²) in [7, 11) is 0. The lowest BCUT2D eigenvalue weighted by Crippen LogP contribution is -2.57. The molecule has 0 aliphatic heterocycles. The summed E-state index contributed by atoms with van der Waals surface area (Å²) in [4.78, 5) is 93.4. The Hall–Kier alpha value is -4.32. The molecule has 0 aliphatic rings. The number of hydrogen-bond acceptors (Lipinski definition) is 10. The van der Waals surface area contributed by atoms with Crippen LogP contribution in [-0.4, -0.2) is 112 Å². The second-order valence-corrected chi connectivity index (χ2v) is 7.89. The molecule has 0 saturated heterocycles. The third-order valence-corrected chi connectivity index (χ3v) is 4.71. The van der Waals surface area contributed by atoms with Crippen LogP contribution in [-0.2, 0) is 38.4 Å². The standard InChI is InChI=1S/C20H32N6O12/c1-9(24-20(38)12(3-5-15(31)32)26-18(36)10(21)8-27)17(35)25-11(2-4-14(29)30)19(37)23-6-13(28)22-7-16(33)34/h9-12,27H,2-8,21H2,1H3,(H,22,28)(H,23,37)(H,24,38)(H,25,35)(H,26,36)(H,29,30)(H,31,32)(H,33,34)/t9-,10-,11-,12-/m0/s1. The number of hydrogen-bond donors (Lipinski definition) is 10. The van der Waals surface area contributed by atoms with E-state index in [9.17, 15) is 38.4 Å². The van der Waals surface area contributed by atoms with Crippen molar-refractivity contribution in [2.24, 2.45) is 5.73 Å². The topological polar surface area (TPSA) is 304 Å². The maximum atomic E-state index is 12.6. The molecule has 0 aromatic rings. The monoisotopic (exact) mass is 548 g/mol. The molecule has 38 heavy (non-hydrogen) atoms. The van der Waals surface area contributed by atoms with E-state index < -0.39 is 111 Å². The van der Waals surface area contributed by atoms with Crippen LogP contribution in [0.3, 0.4) is 0 Å². The summed E-state index contributed by atoms with van der Waals surface area (Å²) in [5.74, 6) is -8.62. The van der Waals surface area contributed by atoms with Crippen LogP contribution in [0.15, 0.2) is 0 Å². The van der Waals surface area contributed by atoms with Crippen LogP contribution >= 0.6 is 0 Å². The third-order valence-electron chi connectivity index (χ3n) is 4.71. The highest BCUT2D eigenvalue weighted by atomic mass is 16.4. The molecule has 0 saturated carbocycles. The van der Waals surface area contributed by atoms with Crippen LogP contribution in [0.2, 0.25) is 0 Å². The van der Waals surface area contributed by atoms with Gasteiger partial charge in [-0.3, -0.25) is 38.4 Å². The second-order valence-electron chi connectivity index (χ2n) is 7.89. The van der Waals surface area contributed by atoms with Crippen molar-refractivity contribution in [2.45, 2.75) is 56.8 Å².